The Morgan fingerprint density at radius 3 is 2.94 bits per heavy atom. The van der Waals surface area contributed by atoms with Gasteiger partial charge in [-0.3, -0.25) is 0 Å². The summed E-state index contributed by atoms with van der Waals surface area (Å²) in [5, 5.41) is 3.64. The minimum absolute atomic E-state index is 0.579. The lowest BCUT2D eigenvalue weighted by Gasteiger charge is -2.41. The van der Waals surface area contributed by atoms with Crippen LogP contribution in [0, 0.1) is 5.92 Å². The summed E-state index contributed by atoms with van der Waals surface area (Å²) in [6.07, 6.45) is 6.88. The van der Waals surface area contributed by atoms with Crippen molar-refractivity contribution in [2.24, 2.45) is 5.92 Å². The first-order chi connectivity index (χ1) is 8.31. The van der Waals surface area contributed by atoms with E-state index >= 15 is 0 Å². The van der Waals surface area contributed by atoms with E-state index < -0.39 is 0 Å². The second kappa shape index (κ2) is 6.55. The van der Waals surface area contributed by atoms with Crippen LogP contribution in [0.5, 0.6) is 0 Å². The van der Waals surface area contributed by atoms with E-state index in [0.29, 0.717) is 5.17 Å². The van der Waals surface area contributed by atoms with Gasteiger partial charge in [0.15, 0.2) is 0 Å². The van der Waals surface area contributed by atoms with Crippen LogP contribution in [0.4, 0.5) is 0 Å². The molecule has 0 spiro atoms. The zero-order valence-corrected chi connectivity index (χ0v) is 11.7. The maximum Gasteiger partial charge on any atom is 0.256 e. The lowest BCUT2D eigenvalue weighted by atomic mass is 9.84. The number of piperidine rings is 2. The van der Waals surface area contributed by atoms with Crippen LogP contribution in [-0.2, 0) is 4.74 Å². The molecule has 2 rings (SSSR count). The first kappa shape index (κ1) is 13.1. The number of hydrogen-bond donors (Lipinski definition) is 2. The van der Waals surface area contributed by atoms with E-state index in [-0.39, 0.29) is 0 Å². The first-order valence-electron chi connectivity index (χ1n) is 7.06. The number of nitrogens with one attached hydrogen (secondary N) is 2. The van der Waals surface area contributed by atoms with Crippen LogP contribution in [0.3, 0.4) is 0 Å². The van der Waals surface area contributed by atoms with Crippen LogP contribution < -0.4 is 10.2 Å². The van der Waals surface area contributed by atoms with Gasteiger partial charge in [-0.15, -0.1) is 0 Å². The van der Waals surface area contributed by atoms with Crippen molar-refractivity contribution in [1.29, 1.82) is 0 Å². The Balaban J connectivity index is 1.80. The highest BCUT2D eigenvalue weighted by Gasteiger charge is 2.36. The smallest absolute Gasteiger partial charge is 0.256 e. The molecule has 3 nitrogen and oxygen atoms in total. The maximum atomic E-state index is 5.68. The highest BCUT2D eigenvalue weighted by Crippen LogP contribution is 2.20. The van der Waals surface area contributed by atoms with Gasteiger partial charge in [-0.25, -0.2) is 0 Å². The Labute approximate surface area is 110 Å². The molecule has 2 heterocycles. The quantitative estimate of drug-likeness (QED) is 0.730. The molecule has 17 heavy (non-hydrogen) atoms. The predicted octanol–water partition coefficient (Wildman–Crippen LogP) is 0.745. The molecule has 1 unspecified atom stereocenters. The van der Waals surface area contributed by atoms with Gasteiger partial charge >= 0.3 is 0 Å². The SMILES string of the molecule is CCNC(=S)OC[C@@H]1CCC[NH+]2CCCC[C@H]12. The zero-order chi connectivity index (χ0) is 12.1. The summed E-state index contributed by atoms with van der Waals surface area (Å²) in [4.78, 5) is 1.82. The van der Waals surface area contributed by atoms with E-state index in [1.165, 1.54) is 45.2 Å². The van der Waals surface area contributed by atoms with Crippen LogP contribution in [0.25, 0.3) is 0 Å². The van der Waals surface area contributed by atoms with Crippen molar-refractivity contribution < 1.29 is 9.64 Å². The van der Waals surface area contributed by atoms with Crippen LogP contribution in [0.2, 0.25) is 0 Å². The highest BCUT2D eigenvalue weighted by molar-refractivity contribution is 7.80. The summed E-state index contributed by atoms with van der Waals surface area (Å²) in [5.41, 5.74) is 0. The largest absolute Gasteiger partial charge is 0.471 e. The molecule has 2 aliphatic heterocycles. The third-order valence-corrected chi connectivity index (χ3v) is 4.44. The summed E-state index contributed by atoms with van der Waals surface area (Å²) in [6.45, 7) is 6.46. The van der Waals surface area contributed by atoms with Crippen LogP contribution in [0.1, 0.15) is 39.0 Å². The highest BCUT2D eigenvalue weighted by atomic mass is 32.1. The molecular formula is C13H25N2OS+. The Morgan fingerprint density at radius 1 is 1.29 bits per heavy atom. The number of rotatable bonds is 3. The van der Waals surface area contributed by atoms with Gasteiger partial charge in [0.25, 0.3) is 5.17 Å². The van der Waals surface area contributed by atoms with Crippen molar-refractivity contribution in [2.75, 3.05) is 26.2 Å². The molecule has 0 radical (unpaired) electrons. The minimum Gasteiger partial charge on any atom is -0.471 e. The van der Waals surface area contributed by atoms with E-state index in [1.54, 1.807) is 0 Å². The van der Waals surface area contributed by atoms with Gasteiger partial charge in [-0.05, 0) is 51.2 Å². The van der Waals surface area contributed by atoms with Crippen molar-refractivity contribution in [1.82, 2.24) is 5.32 Å². The second-order valence-electron chi connectivity index (χ2n) is 5.29. The molecule has 0 saturated carbocycles. The first-order valence-corrected chi connectivity index (χ1v) is 7.47. The van der Waals surface area contributed by atoms with Crippen molar-refractivity contribution in [3.05, 3.63) is 0 Å². The van der Waals surface area contributed by atoms with E-state index in [4.69, 9.17) is 17.0 Å². The number of thiocarbonyl (C=S) groups is 1. The molecule has 0 amide bonds. The van der Waals surface area contributed by atoms with E-state index in [9.17, 15) is 0 Å². The number of hydrogen-bond acceptors (Lipinski definition) is 2. The fraction of sp³-hybridized carbons (Fsp3) is 0.923. The van der Waals surface area contributed by atoms with Gasteiger partial charge in [-0.2, -0.15) is 0 Å². The maximum absolute atomic E-state index is 5.68. The Bertz CT molecular complexity index is 258. The standard InChI is InChI=1S/C13H24N2OS/c1-2-14-13(17)16-10-11-6-5-9-15-8-4-3-7-12(11)15/h11-12H,2-10H2,1H3,(H,14,17)/p+1/t11-,12+/m0/s1. The topological polar surface area (TPSA) is 25.7 Å². The molecule has 4 heteroatoms. The van der Waals surface area contributed by atoms with Crippen LogP contribution >= 0.6 is 12.2 Å². The van der Waals surface area contributed by atoms with Gasteiger partial charge < -0.3 is 15.0 Å². The molecule has 3 atom stereocenters. The summed E-state index contributed by atoms with van der Waals surface area (Å²) in [5.74, 6) is 0.718. The molecule has 2 saturated heterocycles. The van der Waals surface area contributed by atoms with Gasteiger partial charge in [0.2, 0.25) is 0 Å². The fourth-order valence-corrected chi connectivity index (χ4v) is 3.57. The summed E-state index contributed by atoms with van der Waals surface area (Å²) >= 11 is 5.13. The Morgan fingerprint density at radius 2 is 2.12 bits per heavy atom. The molecule has 0 aromatic carbocycles. The monoisotopic (exact) mass is 257 g/mol. The average Bonchev–Trinajstić information content (AvgIpc) is 2.36. The summed E-state index contributed by atoms with van der Waals surface area (Å²) in [7, 11) is 0. The van der Waals surface area contributed by atoms with Crippen molar-refractivity contribution in [3.8, 4) is 0 Å². The van der Waals surface area contributed by atoms with Crippen molar-refractivity contribution in [3.63, 3.8) is 0 Å². The Kier molecular flexibility index (Phi) is 5.04. The second-order valence-corrected chi connectivity index (χ2v) is 5.66. The zero-order valence-electron chi connectivity index (χ0n) is 10.8. The lowest BCUT2D eigenvalue weighted by molar-refractivity contribution is -0.940. The van der Waals surface area contributed by atoms with Gasteiger partial charge in [0.1, 0.15) is 0 Å². The fourth-order valence-electron chi connectivity index (χ4n) is 3.36. The number of fused-ring (bicyclic) bond motifs is 1. The minimum atomic E-state index is 0.579. The molecule has 0 aromatic heterocycles. The lowest BCUT2D eigenvalue weighted by Crippen LogP contribution is -3.18. The molecule has 0 bridgehead atoms. The normalized spacial score (nSPS) is 32.6. The molecular weight excluding hydrogens is 232 g/mol. The van der Waals surface area contributed by atoms with Crippen molar-refractivity contribution >= 4 is 17.4 Å². The van der Waals surface area contributed by atoms with E-state index in [0.717, 1.165) is 25.1 Å². The van der Waals surface area contributed by atoms with Crippen LogP contribution in [-0.4, -0.2) is 37.5 Å². The van der Waals surface area contributed by atoms with Crippen LogP contribution in [0.15, 0.2) is 0 Å². The number of ether oxygens (including phenoxy) is 1. The molecule has 98 valence electrons. The summed E-state index contributed by atoms with van der Waals surface area (Å²) in [6, 6.07) is 0.835. The van der Waals surface area contributed by atoms with E-state index in [2.05, 4.69) is 5.32 Å². The molecule has 2 fully saturated rings. The third kappa shape index (κ3) is 3.55. The molecule has 0 aromatic rings. The predicted molar refractivity (Wildman–Crippen MR) is 73.3 cm³/mol. The van der Waals surface area contributed by atoms with Crippen molar-refractivity contribution in [2.45, 2.75) is 45.1 Å². The number of quaternary nitrogens is 1. The van der Waals surface area contributed by atoms with Gasteiger partial charge in [-0.1, -0.05) is 0 Å². The average molecular weight is 257 g/mol. The van der Waals surface area contributed by atoms with E-state index in [1.807, 2.05) is 11.8 Å². The van der Waals surface area contributed by atoms with Gasteiger partial charge in [0.05, 0.1) is 25.7 Å². The molecule has 0 aliphatic carbocycles. The Hall–Kier alpha value is -0.350. The molecule has 2 N–H and O–H groups in total. The molecule has 2 aliphatic rings. The third-order valence-electron chi connectivity index (χ3n) is 4.18. The van der Waals surface area contributed by atoms with Gasteiger partial charge in [0, 0.05) is 12.5 Å². The summed E-state index contributed by atoms with van der Waals surface area (Å²) < 4.78 is 5.68.